The van der Waals surface area contributed by atoms with Crippen LogP contribution in [0.2, 0.25) is 0 Å². The fourth-order valence-corrected chi connectivity index (χ4v) is 7.74. The minimum atomic E-state index is -3.06. The van der Waals surface area contributed by atoms with Gasteiger partial charge in [0.15, 0.2) is 15.0 Å². The molecule has 1 aromatic rings. The van der Waals surface area contributed by atoms with Gasteiger partial charge in [-0.15, -0.1) is 0 Å². The summed E-state index contributed by atoms with van der Waals surface area (Å²) in [6, 6.07) is 7.92. The predicted molar refractivity (Wildman–Crippen MR) is 108 cm³/mol. The Morgan fingerprint density at radius 1 is 1.26 bits per heavy atom. The van der Waals surface area contributed by atoms with Gasteiger partial charge < -0.3 is 9.64 Å². The van der Waals surface area contributed by atoms with Crippen LogP contribution in [0.1, 0.15) is 38.2 Å². The number of carbonyl (C=O) groups excluding carboxylic acids is 1. The van der Waals surface area contributed by atoms with E-state index in [2.05, 4.69) is 31.0 Å². The molecule has 0 spiro atoms. The maximum Gasteiger partial charge on any atom is 0.277 e. The minimum Gasteiger partial charge on any atom is -0.368 e. The summed E-state index contributed by atoms with van der Waals surface area (Å²) in [5.74, 6) is 0.391. The number of ether oxygens (including phenoxy) is 1. The Morgan fingerprint density at radius 2 is 2.00 bits per heavy atom. The van der Waals surface area contributed by atoms with Gasteiger partial charge in [0.2, 0.25) is 0 Å². The van der Waals surface area contributed by atoms with Gasteiger partial charge in [0, 0.05) is 17.5 Å². The van der Waals surface area contributed by atoms with Crippen molar-refractivity contribution in [2.45, 2.75) is 50.0 Å². The number of hydrogen-bond donors (Lipinski definition) is 0. The molecule has 146 valence electrons. The van der Waals surface area contributed by atoms with Gasteiger partial charge in [-0.05, 0) is 36.5 Å². The second kappa shape index (κ2) is 7.22. The maximum absolute atomic E-state index is 12.5. The lowest BCUT2D eigenvalue weighted by molar-refractivity contribution is -0.126. The van der Waals surface area contributed by atoms with Crippen molar-refractivity contribution >= 4 is 38.4 Å². The number of benzene rings is 1. The molecule has 3 aliphatic rings. The average molecular weight is 409 g/mol. The molecule has 27 heavy (non-hydrogen) atoms. The van der Waals surface area contributed by atoms with Gasteiger partial charge in [0.25, 0.3) is 5.91 Å². The zero-order chi connectivity index (χ0) is 19.2. The average Bonchev–Trinajstić information content (AvgIpc) is 3.29. The molecule has 3 atom stereocenters. The molecule has 4 rings (SSSR count). The van der Waals surface area contributed by atoms with Crippen molar-refractivity contribution in [3.63, 3.8) is 0 Å². The topological polar surface area (TPSA) is 76.0 Å². The molecular weight excluding hydrogens is 384 g/mol. The number of nitrogens with zero attached hydrogens (tertiary/aromatic N) is 2. The second-order valence-corrected chi connectivity index (χ2v) is 11.0. The van der Waals surface area contributed by atoms with E-state index in [1.165, 1.54) is 17.3 Å². The molecule has 1 unspecified atom stereocenters. The number of anilines is 1. The third-order valence-electron chi connectivity index (χ3n) is 5.32. The number of amides is 1. The van der Waals surface area contributed by atoms with Crippen LogP contribution in [-0.4, -0.2) is 55.0 Å². The SMILES string of the molecule is CC(C)c1ccc(N2C(=NC(=O)C3CCCO3)S[C@H]3CS(=O)(=O)C[C@H]32)cc1. The number of sulfone groups is 1. The number of aliphatic imine (C=N–C) groups is 1. The molecule has 3 saturated heterocycles. The minimum absolute atomic E-state index is 0.0872. The third-order valence-corrected chi connectivity index (χ3v) is 8.53. The fraction of sp³-hybridized carbons (Fsp3) is 0.579. The molecule has 3 fully saturated rings. The molecule has 8 heteroatoms. The van der Waals surface area contributed by atoms with Crippen LogP contribution in [0, 0.1) is 0 Å². The molecule has 0 aromatic heterocycles. The number of carbonyl (C=O) groups is 1. The van der Waals surface area contributed by atoms with Gasteiger partial charge in [-0.25, -0.2) is 8.42 Å². The predicted octanol–water partition coefficient (Wildman–Crippen LogP) is 2.59. The zero-order valence-corrected chi connectivity index (χ0v) is 17.1. The summed E-state index contributed by atoms with van der Waals surface area (Å²) in [5, 5.41) is 0.508. The molecule has 3 heterocycles. The van der Waals surface area contributed by atoms with E-state index >= 15 is 0 Å². The number of rotatable bonds is 3. The lowest BCUT2D eigenvalue weighted by Gasteiger charge is -2.25. The van der Waals surface area contributed by atoms with Gasteiger partial charge in [-0.3, -0.25) is 4.79 Å². The van der Waals surface area contributed by atoms with E-state index < -0.39 is 15.9 Å². The summed E-state index contributed by atoms with van der Waals surface area (Å²) in [7, 11) is -3.06. The molecule has 0 bridgehead atoms. The first-order chi connectivity index (χ1) is 12.8. The van der Waals surface area contributed by atoms with Gasteiger partial charge in [-0.1, -0.05) is 37.7 Å². The van der Waals surface area contributed by atoms with E-state index in [1.54, 1.807) is 0 Å². The van der Waals surface area contributed by atoms with Crippen molar-refractivity contribution in [2.75, 3.05) is 23.0 Å². The monoisotopic (exact) mass is 408 g/mol. The van der Waals surface area contributed by atoms with Crippen molar-refractivity contribution in [1.29, 1.82) is 0 Å². The summed E-state index contributed by atoms with van der Waals surface area (Å²) in [6.45, 7) is 4.86. The zero-order valence-electron chi connectivity index (χ0n) is 15.5. The summed E-state index contributed by atoms with van der Waals surface area (Å²) in [5.41, 5.74) is 2.10. The Bertz CT molecular complexity index is 858. The van der Waals surface area contributed by atoms with Gasteiger partial charge >= 0.3 is 0 Å². The van der Waals surface area contributed by atoms with Crippen LogP contribution in [0.3, 0.4) is 0 Å². The van der Waals surface area contributed by atoms with Crippen molar-refractivity contribution in [1.82, 2.24) is 0 Å². The number of amidine groups is 1. The van der Waals surface area contributed by atoms with Crippen LogP contribution in [0.25, 0.3) is 0 Å². The summed E-state index contributed by atoms with van der Waals surface area (Å²) >= 11 is 1.40. The largest absolute Gasteiger partial charge is 0.368 e. The highest BCUT2D eigenvalue weighted by molar-refractivity contribution is 8.16. The van der Waals surface area contributed by atoms with E-state index in [9.17, 15) is 13.2 Å². The smallest absolute Gasteiger partial charge is 0.277 e. The summed E-state index contributed by atoms with van der Waals surface area (Å²) in [4.78, 5) is 18.8. The molecular formula is C19H24N2O4S2. The quantitative estimate of drug-likeness (QED) is 0.765. The Kier molecular flexibility index (Phi) is 5.07. The summed E-state index contributed by atoms with van der Waals surface area (Å²) < 4.78 is 29.7. The van der Waals surface area contributed by atoms with Gasteiger partial charge in [0.1, 0.15) is 6.10 Å². The molecule has 3 aliphatic heterocycles. The standard InChI is InChI=1S/C19H24N2O4S2/c1-12(2)13-5-7-14(8-6-13)21-15-10-27(23,24)11-17(15)26-19(21)20-18(22)16-4-3-9-25-16/h5-8,12,15-17H,3-4,9-11H2,1-2H3/t15-,16?,17+/m1/s1. The first-order valence-electron chi connectivity index (χ1n) is 9.34. The van der Waals surface area contributed by atoms with E-state index in [1.807, 2.05) is 17.0 Å². The Morgan fingerprint density at radius 3 is 2.63 bits per heavy atom. The van der Waals surface area contributed by atoms with Crippen molar-refractivity contribution in [3.05, 3.63) is 29.8 Å². The first-order valence-corrected chi connectivity index (χ1v) is 12.0. The molecule has 1 aromatic carbocycles. The highest BCUT2D eigenvalue weighted by Gasteiger charge is 2.49. The van der Waals surface area contributed by atoms with E-state index in [0.717, 1.165) is 12.1 Å². The normalized spacial score (nSPS) is 31.0. The van der Waals surface area contributed by atoms with Crippen LogP contribution in [0.5, 0.6) is 0 Å². The van der Waals surface area contributed by atoms with Crippen LogP contribution < -0.4 is 4.90 Å². The van der Waals surface area contributed by atoms with E-state index in [0.29, 0.717) is 24.1 Å². The van der Waals surface area contributed by atoms with Crippen molar-refractivity contribution < 1.29 is 17.9 Å². The molecule has 1 amide bonds. The Labute approximate surface area is 164 Å². The van der Waals surface area contributed by atoms with Gasteiger partial charge in [-0.2, -0.15) is 4.99 Å². The lowest BCUT2D eigenvalue weighted by atomic mass is 10.0. The molecule has 0 radical (unpaired) electrons. The first kappa shape index (κ1) is 19.0. The molecule has 0 saturated carbocycles. The fourth-order valence-electron chi connectivity index (χ4n) is 3.82. The van der Waals surface area contributed by atoms with Crippen LogP contribution in [0.15, 0.2) is 29.3 Å². The lowest BCUT2D eigenvalue weighted by Crippen LogP contribution is -2.38. The van der Waals surface area contributed by atoms with E-state index in [-0.39, 0.29) is 28.7 Å². The van der Waals surface area contributed by atoms with E-state index in [4.69, 9.17) is 4.74 Å². The molecule has 0 N–H and O–H groups in total. The van der Waals surface area contributed by atoms with Crippen LogP contribution in [-0.2, 0) is 19.4 Å². The third kappa shape index (κ3) is 3.79. The maximum atomic E-state index is 12.5. The molecule has 0 aliphatic carbocycles. The van der Waals surface area contributed by atoms with Crippen LogP contribution in [0.4, 0.5) is 5.69 Å². The Balaban J connectivity index is 1.66. The van der Waals surface area contributed by atoms with Crippen molar-refractivity contribution in [2.24, 2.45) is 4.99 Å². The number of hydrogen-bond acceptors (Lipinski definition) is 5. The highest BCUT2D eigenvalue weighted by Crippen LogP contribution is 2.41. The Hall–Kier alpha value is -1.38. The number of fused-ring (bicyclic) bond motifs is 1. The van der Waals surface area contributed by atoms with Crippen LogP contribution >= 0.6 is 11.8 Å². The highest BCUT2D eigenvalue weighted by atomic mass is 32.2. The summed E-state index contributed by atoms with van der Waals surface area (Å²) in [6.07, 6.45) is 1.11. The van der Waals surface area contributed by atoms with Gasteiger partial charge in [0.05, 0.1) is 17.5 Å². The molecule has 6 nitrogen and oxygen atoms in total. The number of thioether (sulfide) groups is 1. The van der Waals surface area contributed by atoms with Crippen molar-refractivity contribution in [3.8, 4) is 0 Å². The second-order valence-electron chi connectivity index (χ2n) is 7.65.